The van der Waals surface area contributed by atoms with Gasteiger partial charge in [0.1, 0.15) is 5.75 Å². The first-order chi connectivity index (χ1) is 16.8. The van der Waals surface area contributed by atoms with E-state index >= 15 is 0 Å². The number of carbonyl (C=O) groups excluding carboxylic acids is 1. The van der Waals surface area contributed by atoms with Gasteiger partial charge in [-0.2, -0.15) is 0 Å². The predicted octanol–water partition coefficient (Wildman–Crippen LogP) is 5.71. The van der Waals surface area contributed by atoms with Crippen LogP contribution in [0.4, 0.5) is 0 Å². The number of nitrogens with zero attached hydrogens (tertiary/aromatic N) is 3. The number of aromatic nitrogens is 2. The van der Waals surface area contributed by atoms with E-state index in [1.807, 2.05) is 83.8 Å². The molecule has 0 aliphatic heterocycles. The molecule has 0 fully saturated rings. The minimum absolute atomic E-state index is 0.0130. The monoisotopic (exact) mass is 467 g/mol. The van der Waals surface area contributed by atoms with Gasteiger partial charge >= 0.3 is 0 Å². The Balaban J connectivity index is 1.31. The fourth-order valence-electron chi connectivity index (χ4n) is 3.86. The minimum Gasteiger partial charge on any atom is -0.484 e. The largest absolute Gasteiger partial charge is 0.484 e. The van der Waals surface area contributed by atoms with Crippen LogP contribution in [0.15, 0.2) is 103 Å². The number of amides is 1. The van der Waals surface area contributed by atoms with E-state index in [-0.39, 0.29) is 12.5 Å². The molecule has 0 saturated carbocycles. The van der Waals surface area contributed by atoms with Gasteiger partial charge in [-0.1, -0.05) is 78.9 Å². The molecule has 0 N–H and O–H groups in total. The Morgan fingerprint density at radius 2 is 1.59 bits per heavy atom. The summed E-state index contributed by atoms with van der Waals surface area (Å²) in [5, 5.41) is 2.13. The number of fused-ring (bicyclic) bond motifs is 1. The van der Waals surface area contributed by atoms with Crippen LogP contribution in [0.3, 0.4) is 0 Å². The van der Waals surface area contributed by atoms with Crippen molar-refractivity contribution in [2.45, 2.75) is 13.0 Å². The quantitative estimate of drug-likeness (QED) is 0.279. The average Bonchev–Trinajstić information content (AvgIpc) is 3.48. The van der Waals surface area contributed by atoms with Gasteiger partial charge in [-0.15, -0.1) is 11.3 Å². The van der Waals surface area contributed by atoms with Crippen molar-refractivity contribution in [3.63, 3.8) is 0 Å². The number of benzene rings is 3. The molecule has 0 aliphatic rings. The van der Waals surface area contributed by atoms with E-state index in [9.17, 15) is 4.79 Å². The average molecular weight is 468 g/mol. The number of carbonyl (C=O) groups is 1. The van der Waals surface area contributed by atoms with Gasteiger partial charge in [0, 0.05) is 42.3 Å². The van der Waals surface area contributed by atoms with E-state index in [0.29, 0.717) is 18.8 Å². The third-order valence-corrected chi connectivity index (χ3v) is 6.55. The molecule has 1 amide bonds. The SMILES string of the molecule is O=C(COc1ccccc1)N(CCc1csc2nc(-c3ccccc3)cn12)Cc1ccccc1. The second kappa shape index (κ2) is 10.4. The molecule has 3 aromatic carbocycles. The molecule has 5 nitrogen and oxygen atoms in total. The van der Waals surface area contributed by atoms with Crippen LogP contribution in [0.25, 0.3) is 16.2 Å². The maximum Gasteiger partial charge on any atom is 0.260 e. The molecular formula is C28H25N3O2S. The van der Waals surface area contributed by atoms with Gasteiger partial charge in [0.15, 0.2) is 11.6 Å². The summed E-state index contributed by atoms with van der Waals surface area (Å²) in [6, 6.07) is 29.7. The second-order valence-corrected chi connectivity index (χ2v) is 8.86. The smallest absolute Gasteiger partial charge is 0.260 e. The van der Waals surface area contributed by atoms with Crippen molar-refractivity contribution in [2.75, 3.05) is 13.2 Å². The number of rotatable bonds is 9. The zero-order chi connectivity index (χ0) is 23.2. The predicted molar refractivity (Wildman–Crippen MR) is 136 cm³/mol. The molecule has 0 unspecified atom stereocenters. The Morgan fingerprint density at radius 1 is 0.912 bits per heavy atom. The zero-order valence-corrected chi connectivity index (χ0v) is 19.5. The molecule has 0 spiro atoms. The number of hydrogen-bond donors (Lipinski definition) is 0. The summed E-state index contributed by atoms with van der Waals surface area (Å²) < 4.78 is 7.88. The zero-order valence-electron chi connectivity index (χ0n) is 18.7. The molecule has 5 aromatic rings. The van der Waals surface area contributed by atoms with Crippen molar-refractivity contribution < 1.29 is 9.53 Å². The number of thiazole rings is 1. The fraction of sp³-hybridized carbons (Fsp3) is 0.143. The van der Waals surface area contributed by atoms with Crippen molar-refractivity contribution in [2.24, 2.45) is 0 Å². The van der Waals surface area contributed by atoms with Gasteiger partial charge < -0.3 is 9.64 Å². The molecule has 0 bridgehead atoms. The van der Waals surface area contributed by atoms with Crippen LogP contribution in [-0.4, -0.2) is 33.3 Å². The van der Waals surface area contributed by atoms with E-state index in [0.717, 1.165) is 33.9 Å². The molecule has 170 valence electrons. The number of para-hydroxylation sites is 1. The molecule has 34 heavy (non-hydrogen) atoms. The van der Waals surface area contributed by atoms with Crippen LogP contribution in [0.5, 0.6) is 5.75 Å². The molecule has 6 heteroatoms. The molecule has 0 aliphatic carbocycles. The van der Waals surface area contributed by atoms with Gasteiger partial charge in [0.05, 0.1) is 5.69 Å². The first-order valence-electron chi connectivity index (χ1n) is 11.3. The first kappa shape index (κ1) is 21.9. The molecular weight excluding hydrogens is 442 g/mol. The molecule has 5 rings (SSSR count). The lowest BCUT2D eigenvalue weighted by Crippen LogP contribution is -2.36. The van der Waals surface area contributed by atoms with Gasteiger partial charge in [-0.25, -0.2) is 4.98 Å². The third kappa shape index (κ3) is 5.18. The first-order valence-corrected chi connectivity index (χ1v) is 12.1. The van der Waals surface area contributed by atoms with Crippen LogP contribution < -0.4 is 4.74 Å². The second-order valence-electron chi connectivity index (χ2n) is 8.02. The van der Waals surface area contributed by atoms with E-state index in [1.165, 1.54) is 0 Å². The van der Waals surface area contributed by atoms with Crippen LogP contribution in [-0.2, 0) is 17.8 Å². The van der Waals surface area contributed by atoms with Crippen molar-refractivity contribution in [3.8, 4) is 17.0 Å². The molecule has 0 saturated heterocycles. The number of hydrogen-bond acceptors (Lipinski definition) is 4. The molecule has 0 radical (unpaired) electrons. The summed E-state index contributed by atoms with van der Waals surface area (Å²) in [5.41, 5.74) is 4.30. The van der Waals surface area contributed by atoms with Crippen LogP contribution in [0, 0.1) is 0 Å². The van der Waals surface area contributed by atoms with Crippen molar-refractivity contribution in [1.82, 2.24) is 14.3 Å². The summed E-state index contributed by atoms with van der Waals surface area (Å²) in [6.07, 6.45) is 2.81. The highest BCUT2D eigenvalue weighted by molar-refractivity contribution is 7.15. The summed E-state index contributed by atoms with van der Waals surface area (Å²) in [7, 11) is 0. The van der Waals surface area contributed by atoms with Crippen molar-refractivity contribution in [3.05, 3.63) is 114 Å². The van der Waals surface area contributed by atoms with Gasteiger partial charge in [-0.3, -0.25) is 9.20 Å². The maximum absolute atomic E-state index is 13.1. The fourth-order valence-corrected chi connectivity index (χ4v) is 4.76. The highest BCUT2D eigenvalue weighted by atomic mass is 32.1. The van der Waals surface area contributed by atoms with Crippen molar-refractivity contribution in [1.29, 1.82) is 0 Å². The standard InChI is InChI=1S/C28H25N3O2S/c32-27(20-33-25-14-8-3-9-15-25)30(18-22-10-4-1-5-11-22)17-16-24-21-34-28-29-26(19-31(24)28)23-12-6-2-7-13-23/h1-15,19,21H,16-18,20H2. The van der Waals surface area contributed by atoms with Gasteiger partial charge in [0.2, 0.25) is 0 Å². The summed E-state index contributed by atoms with van der Waals surface area (Å²) in [5.74, 6) is 0.664. The van der Waals surface area contributed by atoms with E-state index in [4.69, 9.17) is 9.72 Å². The van der Waals surface area contributed by atoms with E-state index < -0.39 is 0 Å². The maximum atomic E-state index is 13.1. The highest BCUT2D eigenvalue weighted by Gasteiger charge is 2.17. The summed E-state index contributed by atoms with van der Waals surface area (Å²) in [6.45, 7) is 1.15. The normalized spacial score (nSPS) is 10.9. The summed E-state index contributed by atoms with van der Waals surface area (Å²) in [4.78, 5) is 20.7. The Bertz CT molecular complexity index is 1350. The molecule has 2 heterocycles. The van der Waals surface area contributed by atoms with Gasteiger partial charge in [-0.05, 0) is 17.7 Å². The summed E-state index contributed by atoms with van der Waals surface area (Å²) >= 11 is 1.62. The Kier molecular flexibility index (Phi) is 6.68. The van der Waals surface area contributed by atoms with Crippen LogP contribution >= 0.6 is 11.3 Å². The lowest BCUT2D eigenvalue weighted by molar-refractivity contribution is -0.134. The third-order valence-electron chi connectivity index (χ3n) is 5.67. The Morgan fingerprint density at radius 3 is 2.32 bits per heavy atom. The van der Waals surface area contributed by atoms with Gasteiger partial charge in [0.25, 0.3) is 5.91 Å². The Hall–Kier alpha value is -3.90. The van der Waals surface area contributed by atoms with E-state index in [2.05, 4.69) is 28.1 Å². The van der Waals surface area contributed by atoms with Crippen LogP contribution in [0.1, 0.15) is 11.3 Å². The Labute approximate surface area is 202 Å². The highest BCUT2D eigenvalue weighted by Crippen LogP contribution is 2.24. The lowest BCUT2D eigenvalue weighted by Gasteiger charge is -2.23. The van der Waals surface area contributed by atoms with Crippen molar-refractivity contribution >= 4 is 22.2 Å². The minimum atomic E-state index is -0.0326. The molecule has 0 atom stereocenters. The number of imidazole rings is 1. The topological polar surface area (TPSA) is 46.8 Å². The van der Waals surface area contributed by atoms with E-state index in [1.54, 1.807) is 11.3 Å². The number of ether oxygens (including phenoxy) is 1. The lowest BCUT2D eigenvalue weighted by atomic mass is 10.2. The molecule has 2 aromatic heterocycles. The van der Waals surface area contributed by atoms with Crippen LogP contribution in [0.2, 0.25) is 0 Å².